The number of benzene rings is 1. The van der Waals surface area contributed by atoms with Gasteiger partial charge in [-0.3, -0.25) is 10.1 Å². The Labute approximate surface area is 121 Å². The molecule has 2 aromatic rings. The lowest BCUT2D eigenvalue weighted by molar-refractivity contribution is -0.387. The number of methoxy groups -OCH3 is 1. The normalized spacial score (nSPS) is 10.3. The van der Waals surface area contributed by atoms with Gasteiger partial charge in [-0.15, -0.1) is 0 Å². The van der Waals surface area contributed by atoms with Crippen molar-refractivity contribution in [3.05, 3.63) is 56.6 Å². The average Bonchev–Trinajstić information content (AvgIpc) is 2.89. The molecule has 0 aliphatic heterocycles. The van der Waals surface area contributed by atoms with E-state index in [0.29, 0.717) is 0 Å². The zero-order valence-corrected chi connectivity index (χ0v) is 11.8. The molecule has 0 aliphatic rings. The molecular weight excluding hydrogens is 335 g/mol. The van der Waals surface area contributed by atoms with E-state index in [4.69, 9.17) is 0 Å². The molecule has 0 bridgehead atoms. The van der Waals surface area contributed by atoms with Crippen molar-refractivity contribution in [2.24, 2.45) is 0 Å². The van der Waals surface area contributed by atoms with Gasteiger partial charge in [0.05, 0.1) is 16.5 Å². The predicted molar refractivity (Wildman–Crippen MR) is 71.4 cm³/mol. The quantitative estimate of drug-likeness (QED) is 0.488. The molecule has 0 aliphatic carbocycles. The third kappa shape index (κ3) is 2.29. The van der Waals surface area contributed by atoms with Crippen molar-refractivity contribution < 1.29 is 18.8 Å². The first kappa shape index (κ1) is 14.2. The van der Waals surface area contributed by atoms with Crippen LogP contribution in [-0.4, -0.2) is 22.6 Å². The summed E-state index contributed by atoms with van der Waals surface area (Å²) in [5, 5.41) is 11.1. The summed E-state index contributed by atoms with van der Waals surface area (Å²) in [5.74, 6) is -1.68. The molecule has 0 saturated carbocycles. The molecule has 0 atom stereocenters. The molecule has 0 amide bonds. The number of halogens is 2. The Kier molecular flexibility index (Phi) is 3.84. The highest BCUT2D eigenvalue weighted by Crippen LogP contribution is 2.32. The van der Waals surface area contributed by atoms with Gasteiger partial charge in [-0.1, -0.05) is 0 Å². The van der Waals surface area contributed by atoms with Crippen LogP contribution in [0.25, 0.3) is 5.69 Å². The van der Waals surface area contributed by atoms with Gasteiger partial charge >= 0.3 is 11.7 Å². The molecule has 0 fully saturated rings. The molecule has 0 radical (unpaired) electrons. The van der Waals surface area contributed by atoms with Gasteiger partial charge in [-0.05, 0) is 40.2 Å². The summed E-state index contributed by atoms with van der Waals surface area (Å²) in [4.78, 5) is 21.8. The fourth-order valence-electron chi connectivity index (χ4n) is 1.76. The Hall–Kier alpha value is -2.22. The smallest absolute Gasteiger partial charge is 0.355 e. The predicted octanol–water partition coefficient (Wildman–Crippen LogP) is 3.07. The van der Waals surface area contributed by atoms with Crippen molar-refractivity contribution in [3.63, 3.8) is 0 Å². The Morgan fingerprint density at radius 3 is 2.75 bits per heavy atom. The highest BCUT2D eigenvalue weighted by atomic mass is 79.9. The van der Waals surface area contributed by atoms with Crippen LogP contribution in [0.4, 0.5) is 10.1 Å². The van der Waals surface area contributed by atoms with Crippen LogP contribution in [0.1, 0.15) is 10.5 Å². The Morgan fingerprint density at radius 2 is 2.15 bits per heavy atom. The zero-order chi connectivity index (χ0) is 14.9. The van der Waals surface area contributed by atoms with E-state index in [1.165, 1.54) is 42.1 Å². The van der Waals surface area contributed by atoms with Crippen LogP contribution in [-0.2, 0) is 4.74 Å². The minimum absolute atomic E-state index is 0.0280. The second kappa shape index (κ2) is 5.41. The number of carbonyl (C=O) groups excluding carboxylic acids is 1. The van der Waals surface area contributed by atoms with E-state index in [1.807, 2.05) is 0 Å². The highest BCUT2D eigenvalue weighted by molar-refractivity contribution is 9.10. The summed E-state index contributed by atoms with van der Waals surface area (Å²) in [7, 11) is 1.19. The molecule has 1 aromatic heterocycles. The van der Waals surface area contributed by atoms with Gasteiger partial charge in [0.1, 0.15) is 11.4 Å². The summed E-state index contributed by atoms with van der Waals surface area (Å²) in [5.41, 5.74) is -0.709. The Morgan fingerprint density at radius 1 is 1.45 bits per heavy atom. The number of rotatable bonds is 3. The lowest BCUT2D eigenvalue weighted by Gasteiger charge is -2.09. The van der Waals surface area contributed by atoms with Crippen molar-refractivity contribution in [2.45, 2.75) is 0 Å². The molecule has 0 saturated heterocycles. The van der Waals surface area contributed by atoms with Crippen LogP contribution in [0.3, 0.4) is 0 Å². The van der Waals surface area contributed by atoms with Crippen molar-refractivity contribution in [1.29, 1.82) is 0 Å². The van der Waals surface area contributed by atoms with Crippen LogP contribution in [0.5, 0.6) is 0 Å². The number of aromatic nitrogens is 1. The summed E-state index contributed by atoms with van der Waals surface area (Å²) in [6.45, 7) is 0. The first-order valence-electron chi connectivity index (χ1n) is 5.35. The van der Waals surface area contributed by atoms with Crippen molar-refractivity contribution >= 4 is 27.6 Å². The molecule has 20 heavy (non-hydrogen) atoms. The van der Waals surface area contributed by atoms with Crippen molar-refractivity contribution in [2.75, 3.05) is 7.11 Å². The van der Waals surface area contributed by atoms with E-state index in [9.17, 15) is 19.3 Å². The first-order chi connectivity index (χ1) is 9.47. The molecule has 1 heterocycles. The van der Waals surface area contributed by atoms with Crippen LogP contribution >= 0.6 is 15.9 Å². The molecule has 1 aromatic carbocycles. The van der Waals surface area contributed by atoms with Crippen LogP contribution in [0, 0.1) is 15.9 Å². The molecule has 6 nitrogen and oxygen atoms in total. The van der Waals surface area contributed by atoms with Gasteiger partial charge in [0.25, 0.3) is 0 Å². The lowest BCUT2D eigenvalue weighted by atomic mass is 10.2. The van der Waals surface area contributed by atoms with E-state index >= 15 is 0 Å². The number of nitrogens with zero attached hydrogens (tertiary/aromatic N) is 2. The minimum atomic E-state index is -1.00. The number of carbonyl (C=O) groups is 1. The minimum Gasteiger partial charge on any atom is -0.464 e. The number of hydrogen-bond acceptors (Lipinski definition) is 4. The summed E-state index contributed by atoms with van der Waals surface area (Å²) >= 11 is 2.89. The molecule has 104 valence electrons. The highest BCUT2D eigenvalue weighted by Gasteiger charge is 2.26. The summed E-state index contributed by atoms with van der Waals surface area (Å²) < 4.78 is 19.7. The third-order valence-electron chi connectivity index (χ3n) is 2.63. The summed E-state index contributed by atoms with van der Waals surface area (Å²) in [6, 6.07) is 5.61. The summed E-state index contributed by atoms with van der Waals surface area (Å²) in [6.07, 6.45) is 1.42. The van der Waals surface area contributed by atoms with Gasteiger partial charge in [-0.2, -0.15) is 4.39 Å². The fraction of sp³-hybridized carbons (Fsp3) is 0.0833. The average molecular weight is 343 g/mol. The fourth-order valence-corrected chi connectivity index (χ4v) is 2.08. The largest absolute Gasteiger partial charge is 0.464 e. The third-order valence-corrected chi connectivity index (χ3v) is 3.25. The van der Waals surface area contributed by atoms with Crippen LogP contribution in [0.2, 0.25) is 0 Å². The van der Waals surface area contributed by atoms with Gasteiger partial charge < -0.3 is 9.30 Å². The van der Waals surface area contributed by atoms with Crippen LogP contribution < -0.4 is 0 Å². The number of esters is 1. The van der Waals surface area contributed by atoms with E-state index < -0.39 is 22.4 Å². The monoisotopic (exact) mass is 342 g/mol. The van der Waals surface area contributed by atoms with Gasteiger partial charge in [-0.25, -0.2) is 4.79 Å². The second-order valence-electron chi connectivity index (χ2n) is 3.74. The Bertz CT molecular complexity index is 699. The van der Waals surface area contributed by atoms with Gasteiger partial charge in [0, 0.05) is 6.20 Å². The second-order valence-corrected chi connectivity index (χ2v) is 4.60. The van der Waals surface area contributed by atoms with Crippen molar-refractivity contribution in [1.82, 2.24) is 4.57 Å². The molecule has 2 rings (SSSR count). The molecule has 0 unspecified atom stereocenters. The number of nitro benzene ring substituents is 1. The number of nitro groups is 1. The van der Waals surface area contributed by atoms with E-state index in [1.54, 1.807) is 0 Å². The van der Waals surface area contributed by atoms with E-state index in [2.05, 4.69) is 20.7 Å². The first-order valence-corrected chi connectivity index (χ1v) is 6.15. The maximum absolute atomic E-state index is 13.9. The molecule has 8 heteroatoms. The van der Waals surface area contributed by atoms with E-state index in [-0.39, 0.29) is 15.9 Å². The topological polar surface area (TPSA) is 74.4 Å². The number of ether oxygens (including phenoxy) is 1. The van der Waals surface area contributed by atoms with Gasteiger partial charge in [0.2, 0.25) is 5.82 Å². The maximum Gasteiger partial charge on any atom is 0.355 e. The Balaban J connectivity index is 2.71. The SMILES string of the molecule is COC(=O)c1cccn1-c1ccc(Br)c(F)c1[N+](=O)[O-]. The maximum atomic E-state index is 13.9. The number of hydrogen-bond donors (Lipinski definition) is 0. The van der Waals surface area contributed by atoms with Gasteiger partial charge in [0.15, 0.2) is 0 Å². The molecule has 0 N–H and O–H groups in total. The van der Waals surface area contributed by atoms with Crippen molar-refractivity contribution in [3.8, 4) is 5.69 Å². The standard InChI is InChI=1S/C12H8BrFN2O4/c1-20-12(17)9-3-2-6-15(9)8-5-4-7(13)10(14)11(8)16(18)19/h2-6H,1H3. The molecule has 0 spiro atoms. The lowest BCUT2D eigenvalue weighted by Crippen LogP contribution is -2.10. The van der Waals surface area contributed by atoms with Crippen LogP contribution in [0.15, 0.2) is 34.9 Å². The zero-order valence-electron chi connectivity index (χ0n) is 10.2. The van der Waals surface area contributed by atoms with E-state index in [0.717, 1.165) is 0 Å². The molecular formula is C12H8BrFN2O4.